The van der Waals surface area contributed by atoms with E-state index in [1.807, 2.05) is 48.5 Å². The van der Waals surface area contributed by atoms with Crippen LogP contribution in [0.3, 0.4) is 0 Å². The number of imide groups is 1. The van der Waals surface area contributed by atoms with E-state index in [4.69, 9.17) is 0 Å². The number of amides is 4. The van der Waals surface area contributed by atoms with Crippen LogP contribution in [0.5, 0.6) is 0 Å². The van der Waals surface area contributed by atoms with Crippen LogP contribution in [0.1, 0.15) is 51.0 Å². The Bertz CT molecular complexity index is 1190. The van der Waals surface area contributed by atoms with Crippen molar-refractivity contribution >= 4 is 50.2 Å². The van der Waals surface area contributed by atoms with Crippen LogP contribution in [0.4, 0.5) is 15.6 Å². The van der Waals surface area contributed by atoms with Crippen LogP contribution in [0.15, 0.2) is 48.5 Å². The Hall–Kier alpha value is -3.26. The molecule has 1 aliphatic carbocycles. The second-order valence-corrected chi connectivity index (χ2v) is 10.1. The minimum absolute atomic E-state index is 0.294. The minimum Gasteiger partial charge on any atom is -0.323 e. The minimum atomic E-state index is -0.836. The molecule has 2 aliphatic rings. The SMILES string of the molecule is CC(C)c1ccc(N(C(=O)CN2C(=O)NC3(CCCC3)C2=O)c2nc3ccccc3s2)cc1. The lowest BCUT2D eigenvalue weighted by Gasteiger charge is -2.24. The number of benzene rings is 2. The van der Waals surface area contributed by atoms with Crippen molar-refractivity contribution in [2.75, 3.05) is 11.4 Å². The number of carbonyl (C=O) groups is 3. The summed E-state index contributed by atoms with van der Waals surface area (Å²) in [6.07, 6.45) is 3.04. The summed E-state index contributed by atoms with van der Waals surface area (Å²) in [6, 6.07) is 15.0. The highest BCUT2D eigenvalue weighted by atomic mass is 32.1. The van der Waals surface area contributed by atoms with Gasteiger partial charge in [0.2, 0.25) is 0 Å². The van der Waals surface area contributed by atoms with Gasteiger partial charge in [0.1, 0.15) is 12.1 Å². The van der Waals surface area contributed by atoms with Crippen LogP contribution in [0.2, 0.25) is 0 Å². The van der Waals surface area contributed by atoms with Crippen molar-refractivity contribution in [1.29, 1.82) is 0 Å². The average molecular weight is 463 g/mol. The molecule has 0 atom stereocenters. The molecule has 2 heterocycles. The van der Waals surface area contributed by atoms with Crippen LogP contribution in [0, 0.1) is 0 Å². The first-order chi connectivity index (χ1) is 15.9. The number of carbonyl (C=O) groups excluding carboxylic acids is 3. The molecule has 2 aromatic carbocycles. The Labute approximate surface area is 196 Å². The van der Waals surface area contributed by atoms with E-state index < -0.39 is 11.6 Å². The van der Waals surface area contributed by atoms with Crippen molar-refractivity contribution in [2.24, 2.45) is 0 Å². The molecule has 33 heavy (non-hydrogen) atoms. The van der Waals surface area contributed by atoms with Crippen molar-refractivity contribution in [2.45, 2.75) is 51.0 Å². The molecule has 5 rings (SSSR count). The molecule has 1 aromatic heterocycles. The number of anilines is 2. The van der Waals surface area contributed by atoms with Gasteiger partial charge in [0, 0.05) is 0 Å². The molecule has 0 bridgehead atoms. The van der Waals surface area contributed by atoms with Gasteiger partial charge in [-0.05, 0) is 48.6 Å². The van der Waals surface area contributed by atoms with Crippen LogP contribution < -0.4 is 10.2 Å². The maximum Gasteiger partial charge on any atom is 0.325 e. The van der Waals surface area contributed by atoms with E-state index in [1.54, 1.807) is 0 Å². The molecule has 3 aromatic rings. The van der Waals surface area contributed by atoms with E-state index >= 15 is 0 Å². The standard InChI is InChI=1S/C25H26N4O3S/c1-16(2)17-9-11-18(12-10-17)29(24-26-19-7-3-4-8-20(19)33-24)21(30)15-28-22(31)25(27-23(28)32)13-5-6-14-25/h3-4,7-12,16H,5-6,13-15H2,1-2H3,(H,27,32). The molecule has 1 saturated carbocycles. The maximum absolute atomic E-state index is 13.6. The first-order valence-electron chi connectivity index (χ1n) is 11.3. The summed E-state index contributed by atoms with van der Waals surface area (Å²) >= 11 is 1.41. The van der Waals surface area contributed by atoms with Gasteiger partial charge in [0.15, 0.2) is 5.13 Å². The van der Waals surface area contributed by atoms with E-state index in [1.165, 1.54) is 16.2 Å². The van der Waals surface area contributed by atoms with Crippen LogP contribution in [-0.2, 0) is 9.59 Å². The second-order valence-electron chi connectivity index (χ2n) is 9.05. The van der Waals surface area contributed by atoms with Crippen LogP contribution in [0.25, 0.3) is 10.2 Å². The van der Waals surface area contributed by atoms with Gasteiger partial charge in [-0.3, -0.25) is 19.4 Å². The van der Waals surface area contributed by atoms with E-state index in [0.29, 0.717) is 29.6 Å². The Morgan fingerprint density at radius 3 is 2.48 bits per heavy atom. The number of rotatable bonds is 5. The third-order valence-corrected chi connectivity index (χ3v) is 7.56. The van der Waals surface area contributed by atoms with E-state index in [9.17, 15) is 14.4 Å². The lowest BCUT2D eigenvalue weighted by Crippen LogP contribution is -2.45. The number of para-hydroxylation sites is 1. The van der Waals surface area contributed by atoms with Gasteiger partial charge in [-0.1, -0.05) is 62.3 Å². The fourth-order valence-corrected chi connectivity index (χ4v) is 5.67. The Morgan fingerprint density at radius 1 is 1.12 bits per heavy atom. The summed E-state index contributed by atoms with van der Waals surface area (Å²) in [5, 5.41) is 3.36. The maximum atomic E-state index is 13.6. The molecule has 1 saturated heterocycles. The Balaban J connectivity index is 1.49. The number of hydrogen-bond acceptors (Lipinski definition) is 5. The predicted octanol–water partition coefficient (Wildman–Crippen LogP) is 4.95. The molecular formula is C25H26N4O3S. The quantitative estimate of drug-likeness (QED) is 0.544. The highest BCUT2D eigenvalue weighted by molar-refractivity contribution is 7.22. The van der Waals surface area contributed by atoms with Gasteiger partial charge in [-0.25, -0.2) is 9.78 Å². The molecule has 0 unspecified atom stereocenters. The third-order valence-electron chi connectivity index (χ3n) is 6.54. The van der Waals surface area contributed by atoms with Gasteiger partial charge in [0.05, 0.1) is 15.9 Å². The summed E-state index contributed by atoms with van der Waals surface area (Å²) in [7, 11) is 0. The van der Waals surface area contributed by atoms with Crippen molar-refractivity contribution in [3.63, 3.8) is 0 Å². The Morgan fingerprint density at radius 2 is 1.82 bits per heavy atom. The third kappa shape index (κ3) is 3.78. The van der Waals surface area contributed by atoms with Crippen molar-refractivity contribution in [3.8, 4) is 0 Å². The number of hydrogen-bond donors (Lipinski definition) is 1. The van der Waals surface area contributed by atoms with E-state index in [2.05, 4.69) is 24.1 Å². The molecule has 2 fully saturated rings. The Kier molecular flexibility index (Phi) is 5.40. The normalized spacial score (nSPS) is 17.4. The molecule has 0 radical (unpaired) electrons. The molecule has 8 heteroatoms. The molecule has 4 amide bonds. The fourth-order valence-electron chi connectivity index (χ4n) is 4.67. The summed E-state index contributed by atoms with van der Waals surface area (Å²) in [6.45, 7) is 3.90. The summed E-state index contributed by atoms with van der Waals surface area (Å²) < 4.78 is 0.962. The monoisotopic (exact) mass is 462 g/mol. The summed E-state index contributed by atoms with van der Waals surface area (Å²) in [5.74, 6) is -0.304. The highest BCUT2D eigenvalue weighted by Gasteiger charge is 2.53. The van der Waals surface area contributed by atoms with Gasteiger partial charge in [-0.2, -0.15) is 0 Å². The van der Waals surface area contributed by atoms with Gasteiger partial charge >= 0.3 is 6.03 Å². The number of nitrogens with one attached hydrogen (secondary N) is 1. The average Bonchev–Trinajstić information content (AvgIpc) is 3.49. The number of urea groups is 1. The summed E-state index contributed by atoms with van der Waals surface area (Å²) in [5.41, 5.74) is 1.78. The number of nitrogens with zero attached hydrogens (tertiary/aromatic N) is 3. The highest BCUT2D eigenvalue weighted by Crippen LogP contribution is 2.37. The predicted molar refractivity (Wildman–Crippen MR) is 129 cm³/mol. The van der Waals surface area contributed by atoms with Crippen LogP contribution in [-0.4, -0.2) is 39.8 Å². The lowest BCUT2D eigenvalue weighted by molar-refractivity contribution is -0.134. The number of aromatic nitrogens is 1. The van der Waals surface area contributed by atoms with Crippen molar-refractivity contribution in [3.05, 3.63) is 54.1 Å². The zero-order valence-corrected chi connectivity index (χ0v) is 19.5. The fraction of sp³-hybridized carbons (Fsp3) is 0.360. The molecule has 1 N–H and O–H groups in total. The lowest BCUT2D eigenvalue weighted by atomic mass is 9.98. The number of thiazole rings is 1. The van der Waals surface area contributed by atoms with E-state index in [-0.39, 0.29) is 18.4 Å². The van der Waals surface area contributed by atoms with Gasteiger partial charge in [-0.15, -0.1) is 0 Å². The first-order valence-corrected chi connectivity index (χ1v) is 12.1. The van der Waals surface area contributed by atoms with Crippen molar-refractivity contribution < 1.29 is 14.4 Å². The van der Waals surface area contributed by atoms with Gasteiger partial charge in [0.25, 0.3) is 11.8 Å². The molecule has 1 aliphatic heterocycles. The second kappa shape index (κ2) is 8.26. The molecular weight excluding hydrogens is 436 g/mol. The molecule has 1 spiro atoms. The largest absolute Gasteiger partial charge is 0.325 e. The van der Waals surface area contributed by atoms with E-state index in [0.717, 1.165) is 33.5 Å². The zero-order chi connectivity index (χ0) is 23.2. The first kappa shape index (κ1) is 21.6. The zero-order valence-electron chi connectivity index (χ0n) is 18.7. The summed E-state index contributed by atoms with van der Waals surface area (Å²) in [4.78, 5) is 46.6. The van der Waals surface area contributed by atoms with Crippen LogP contribution >= 0.6 is 11.3 Å². The van der Waals surface area contributed by atoms with Crippen molar-refractivity contribution in [1.82, 2.24) is 15.2 Å². The molecule has 170 valence electrons. The number of fused-ring (bicyclic) bond motifs is 1. The van der Waals surface area contributed by atoms with Gasteiger partial charge < -0.3 is 5.32 Å². The molecule has 7 nitrogen and oxygen atoms in total. The topological polar surface area (TPSA) is 82.6 Å². The smallest absolute Gasteiger partial charge is 0.323 e.